The third-order valence-electron chi connectivity index (χ3n) is 6.07. The third-order valence-corrected chi connectivity index (χ3v) is 7.53. The number of H-pyrrole nitrogens is 1. The number of rotatable bonds is 9. The van der Waals surface area contributed by atoms with Gasteiger partial charge in [-0.25, -0.2) is 13.1 Å². The number of sulfonamides is 1. The molecule has 0 unspecified atom stereocenters. The Hall–Kier alpha value is -2.46. The predicted molar refractivity (Wildman–Crippen MR) is 125 cm³/mol. The first-order chi connectivity index (χ1) is 15.4. The molecule has 0 saturated heterocycles. The molecule has 2 aliphatic rings. The highest BCUT2D eigenvalue weighted by Crippen LogP contribution is 2.36. The first-order valence-corrected chi connectivity index (χ1v) is 12.6. The average Bonchev–Trinajstić information content (AvgIpc) is 3.29. The molecule has 1 aliphatic carbocycles. The van der Waals surface area contributed by atoms with Gasteiger partial charge in [-0.15, -0.1) is 0 Å². The number of fused-ring (bicyclic) bond motifs is 2. The van der Waals surface area contributed by atoms with Crippen molar-refractivity contribution in [2.24, 2.45) is 0 Å². The molecule has 8 nitrogen and oxygen atoms in total. The van der Waals surface area contributed by atoms with Crippen LogP contribution in [-0.4, -0.2) is 51.2 Å². The quantitative estimate of drug-likeness (QED) is 0.290. The minimum absolute atomic E-state index is 0.0622. The molecule has 0 radical (unpaired) electrons. The molecular weight excluding hydrogens is 428 g/mol. The molecule has 4 rings (SSSR count). The van der Waals surface area contributed by atoms with Gasteiger partial charge >= 0.3 is 0 Å². The lowest BCUT2D eigenvalue weighted by molar-refractivity contribution is -0.110. The summed E-state index contributed by atoms with van der Waals surface area (Å²) in [5.74, 6) is -0.244. The number of hydrogen-bond acceptors (Lipinski definition) is 5. The molecule has 1 amide bonds. The van der Waals surface area contributed by atoms with Crippen molar-refractivity contribution in [1.29, 1.82) is 0 Å². The molecule has 172 valence electrons. The van der Waals surface area contributed by atoms with Gasteiger partial charge in [0, 0.05) is 29.2 Å². The second-order valence-corrected chi connectivity index (χ2v) is 10.00. The maximum atomic E-state index is 12.8. The highest BCUT2D eigenvalue weighted by Gasteiger charge is 2.28. The number of benzene rings is 1. The number of nitrogens with one attached hydrogen (secondary N) is 4. The fraction of sp³-hybridized carbons (Fsp3) is 0.435. The van der Waals surface area contributed by atoms with E-state index in [9.17, 15) is 13.2 Å². The molecule has 0 fully saturated rings. The van der Waals surface area contributed by atoms with Crippen molar-refractivity contribution < 1.29 is 18.3 Å². The number of aryl methyl sites for hydroxylation is 1. The molecule has 1 aliphatic heterocycles. The predicted octanol–water partition coefficient (Wildman–Crippen LogP) is 1.81. The lowest BCUT2D eigenvalue weighted by Crippen LogP contribution is -2.26. The summed E-state index contributed by atoms with van der Waals surface area (Å²) in [4.78, 5) is 16.4. The highest BCUT2D eigenvalue weighted by atomic mass is 32.2. The molecule has 0 bridgehead atoms. The summed E-state index contributed by atoms with van der Waals surface area (Å²) < 4.78 is 27.4. The van der Waals surface area contributed by atoms with E-state index in [1.165, 1.54) is 35.4 Å². The van der Waals surface area contributed by atoms with Crippen molar-refractivity contribution >= 4 is 33.3 Å². The van der Waals surface area contributed by atoms with E-state index in [1.54, 1.807) is 6.07 Å². The van der Waals surface area contributed by atoms with Crippen LogP contribution in [0.1, 0.15) is 47.3 Å². The lowest BCUT2D eigenvalue weighted by Gasteiger charge is -2.12. The topological polar surface area (TPSA) is 123 Å². The van der Waals surface area contributed by atoms with Crippen LogP contribution in [0.2, 0.25) is 0 Å². The Kier molecular flexibility index (Phi) is 6.80. The molecular formula is C23H30N4O4S. The van der Waals surface area contributed by atoms with Crippen LogP contribution >= 0.6 is 0 Å². The molecule has 5 N–H and O–H groups in total. The van der Waals surface area contributed by atoms with Crippen molar-refractivity contribution in [3.8, 4) is 0 Å². The van der Waals surface area contributed by atoms with Crippen LogP contribution < -0.4 is 15.4 Å². The normalized spacial score (nSPS) is 16.8. The largest absolute Gasteiger partial charge is 0.395 e. The number of amides is 1. The summed E-state index contributed by atoms with van der Waals surface area (Å²) in [6.45, 7) is 0.563. The lowest BCUT2D eigenvalue weighted by atomic mass is 9.92. The molecule has 0 spiro atoms. The molecule has 1 aromatic heterocycles. The second-order valence-electron chi connectivity index (χ2n) is 8.23. The Labute approximate surface area is 188 Å². The van der Waals surface area contributed by atoms with Crippen LogP contribution in [0.25, 0.3) is 11.6 Å². The average molecular weight is 459 g/mol. The molecule has 9 heteroatoms. The van der Waals surface area contributed by atoms with Gasteiger partial charge in [-0.2, -0.15) is 0 Å². The van der Waals surface area contributed by atoms with E-state index in [2.05, 4.69) is 20.3 Å². The number of carbonyl (C=O) groups excluding carboxylic acids is 1. The van der Waals surface area contributed by atoms with Gasteiger partial charge in [-0.3, -0.25) is 4.79 Å². The van der Waals surface area contributed by atoms with E-state index in [0.717, 1.165) is 44.3 Å². The second kappa shape index (κ2) is 9.58. The summed E-state index contributed by atoms with van der Waals surface area (Å²) in [7, 11) is -1.83. The third kappa shape index (κ3) is 4.52. The number of carbonyl (C=O) groups is 1. The minimum atomic E-state index is -3.77. The van der Waals surface area contributed by atoms with Gasteiger partial charge in [0.15, 0.2) is 0 Å². The monoisotopic (exact) mass is 458 g/mol. The van der Waals surface area contributed by atoms with Crippen LogP contribution in [-0.2, 0) is 34.1 Å². The minimum Gasteiger partial charge on any atom is -0.395 e. The molecule has 2 heterocycles. The fourth-order valence-electron chi connectivity index (χ4n) is 4.51. The molecule has 32 heavy (non-hydrogen) atoms. The van der Waals surface area contributed by atoms with Crippen molar-refractivity contribution in [3.63, 3.8) is 0 Å². The fourth-order valence-corrected chi connectivity index (χ4v) is 5.56. The number of aliphatic hydroxyl groups is 1. The van der Waals surface area contributed by atoms with Crippen LogP contribution in [0, 0.1) is 0 Å². The van der Waals surface area contributed by atoms with Gasteiger partial charge in [0.1, 0.15) is 0 Å². The van der Waals surface area contributed by atoms with Gasteiger partial charge in [0.25, 0.3) is 5.91 Å². The zero-order valence-corrected chi connectivity index (χ0v) is 19.1. The molecule has 0 atom stereocenters. The highest BCUT2D eigenvalue weighted by molar-refractivity contribution is 7.89. The van der Waals surface area contributed by atoms with Crippen LogP contribution in [0.5, 0.6) is 0 Å². The maximum absolute atomic E-state index is 12.8. The van der Waals surface area contributed by atoms with E-state index < -0.39 is 10.0 Å². The Morgan fingerprint density at radius 3 is 2.78 bits per heavy atom. The van der Waals surface area contributed by atoms with Crippen molar-refractivity contribution in [1.82, 2.24) is 15.0 Å². The van der Waals surface area contributed by atoms with Gasteiger partial charge in [0.05, 0.1) is 17.1 Å². The molecule has 1 aromatic carbocycles. The zero-order valence-electron chi connectivity index (χ0n) is 18.3. The number of aliphatic hydroxyl groups excluding tert-OH is 1. The molecule has 0 saturated carbocycles. The summed E-state index contributed by atoms with van der Waals surface area (Å²) in [6, 6.07) is 4.58. The number of aromatic amines is 1. The zero-order chi connectivity index (χ0) is 22.7. The summed E-state index contributed by atoms with van der Waals surface area (Å²) in [5.41, 5.74) is 6.45. The maximum Gasteiger partial charge on any atom is 0.256 e. The van der Waals surface area contributed by atoms with Gasteiger partial charge < -0.3 is 20.7 Å². The first-order valence-electron chi connectivity index (χ1n) is 11.1. The smallest absolute Gasteiger partial charge is 0.256 e. The molecule has 2 aromatic rings. The summed E-state index contributed by atoms with van der Waals surface area (Å²) in [6.07, 6.45) is 8.17. The van der Waals surface area contributed by atoms with Crippen molar-refractivity contribution in [2.45, 2.75) is 43.4 Å². The van der Waals surface area contributed by atoms with E-state index in [1.807, 2.05) is 13.1 Å². The van der Waals surface area contributed by atoms with Crippen molar-refractivity contribution in [3.05, 3.63) is 46.3 Å². The Bertz CT molecular complexity index is 1150. The van der Waals surface area contributed by atoms with Gasteiger partial charge in [-0.1, -0.05) is 0 Å². The van der Waals surface area contributed by atoms with Gasteiger partial charge in [-0.05, 0) is 87.5 Å². The van der Waals surface area contributed by atoms with Gasteiger partial charge in [0.2, 0.25) is 10.0 Å². The number of aromatic nitrogens is 1. The Balaban J connectivity index is 1.74. The first kappa shape index (κ1) is 22.7. The van der Waals surface area contributed by atoms with E-state index in [4.69, 9.17) is 5.11 Å². The summed E-state index contributed by atoms with van der Waals surface area (Å²) >= 11 is 0. The van der Waals surface area contributed by atoms with Crippen molar-refractivity contribution in [2.75, 3.05) is 32.1 Å². The van der Waals surface area contributed by atoms with Crippen LogP contribution in [0.15, 0.2) is 23.1 Å². The van der Waals surface area contributed by atoms with E-state index in [0.29, 0.717) is 16.8 Å². The summed E-state index contributed by atoms with van der Waals surface area (Å²) in [5, 5.41) is 15.0. The Morgan fingerprint density at radius 1 is 1.19 bits per heavy atom. The van der Waals surface area contributed by atoms with E-state index in [-0.39, 0.29) is 24.0 Å². The number of hydrogen-bond donors (Lipinski definition) is 5. The number of anilines is 1. The van der Waals surface area contributed by atoms with Crippen LogP contribution in [0.4, 0.5) is 5.69 Å². The van der Waals surface area contributed by atoms with Crippen LogP contribution in [0.3, 0.4) is 0 Å². The SMILES string of the molecule is CNCCCc1c(/C=C2\C(=O)Nc3ccc(S(=O)(=O)NCCO)cc32)[nH]c2c1CCCC2. The Morgan fingerprint density at radius 2 is 2.00 bits per heavy atom. The standard InChI is InChI=1S/C23H30N4O4S/c1-24-10-4-6-17-16-5-2-3-7-20(16)26-22(17)14-19-18-13-15(32(30,31)25-11-12-28)8-9-21(18)27-23(19)29/h8-9,13-14,24-26,28H,2-7,10-12H2,1H3,(H,27,29)/b19-14-. The van der Waals surface area contributed by atoms with E-state index >= 15 is 0 Å².